The second kappa shape index (κ2) is 9.55. The van der Waals surface area contributed by atoms with Gasteiger partial charge in [-0.1, -0.05) is 6.07 Å². The smallest absolute Gasteiger partial charge is 0.408 e. The number of rotatable bonds is 10. The standard InChI is InChI=1S/C24H34N2O5/c1-24(11-12-24)31-23(29)26-21(22(27)28)10-13-30-19-14-16(15-19)6-8-18-9-7-17-4-2-3-5-20(17)25-18/h7,9,16,19,21H,2-6,8,10-15H2,1H3,(H,26,29)(H,27,28). The summed E-state index contributed by atoms with van der Waals surface area (Å²) in [4.78, 5) is 28.1. The van der Waals surface area contributed by atoms with Gasteiger partial charge in [0.15, 0.2) is 0 Å². The van der Waals surface area contributed by atoms with Crippen LogP contribution in [0.2, 0.25) is 0 Å². The zero-order chi connectivity index (χ0) is 21.8. The Hall–Kier alpha value is -2.15. The van der Waals surface area contributed by atoms with Crippen molar-refractivity contribution in [3.8, 4) is 0 Å². The third kappa shape index (κ3) is 6.19. The number of aromatic nitrogens is 1. The number of fused-ring (bicyclic) bond motifs is 1. The topological polar surface area (TPSA) is 97.8 Å². The van der Waals surface area contributed by atoms with E-state index in [-0.39, 0.29) is 12.5 Å². The highest BCUT2D eigenvalue weighted by Crippen LogP contribution is 2.38. The molecule has 1 amide bonds. The number of carboxylic acids is 1. The number of nitrogens with zero attached hydrogens (tertiary/aromatic N) is 1. The first-order valence-corrected chi connectivity index (χ1v) is 11.7. The highest BCUT2D eigenvalue weighted by molar-refractivity contribution is 5.80. The van der Waals surface area contributed by atoms with E-state index >= 15 is 0 Å². The van der Waals surface area contributed by atoms with E-state index in [1.54, 1.807) is 0 Å². The fourth-order valence-electron chi connectivity index (χ4n) is 4.45. The van der Waals surface area contributed by atoms with Crippen molar-refractivity contribution in [2.24, 2.45) is 5.92 Å². The molecule has 0 saturated heterocycles. The summed E-state index contributed by atoms with van der Waals surface area (Å²) in [5.41, 5.74) is 3.51. The fourth-order valence-corrected chi connectivity index (χ4v) is 4.45. The third-order valence-electron chi connectivity index (χ3n) is 6.88. The molecule has 1 heterocycles. The maximum absolute atomic E-state index is 11.8. The van der Waals surface area contributed by atoms with E-state index in [0.29, 0.717) is 12.5 Å². The van der Waals surface area contributed by atoms with Crippen molar-refractivity contribution in [1.82, 2.24) is 10.3 Å². The fraction of sp³-hybridized carbons (Fsp3) is 0.708. The number of carboxylic acid groups (broad SMARTS) is 1. The average molecular weight is 431 g/mol. The Morgan fingerprint density at radius 3 is 2.77 bits per heavy atom. The molecule has 2 fully saturated rings. The summed E-state index contributed by atoms with van der Waals surface area (Å²) < 4.78 is 11.1. The number of nitrogens with one attached hydrogen (secondary N) is 1. The molecule has 3 aliphatic rings. The Morgan fingerprint density at radius 2 is 2.03 bits per heavy atom. The molecule has 1 unspecified atom stereocenters. The van der Waals surface area contributed by atoms with E-state index in [2.05, 4.69) is 17.4 Å². The van der Waals surface area contributed by atoms with Crippen molar-refractivity contribution >= 4 is 12.1 Å². The van der Waals surface area contributed by atoms with E-state index in [4.69, 9.17) is 14.5 Å². The molecule has 0 aliphatic heterocycles. The summed E-state index contributed by atoms with van der Waals surface area (Å²) in [5, 5.41) is 11.8. The largest absolute Gasteiger partial charge is 0.480 e. The van der Waals surface area contributed by atoms with Crippen LogP contribution in [-0.2, 0) is 33.5 Å². The molecule has 2 N–H and O–H groups in total. The Balaban J connectivity index is 1.11. The highest BCUT2D eigenvalue weighted by atomic mass is 16.6. The van der Waals surface area contributed by atoms with Crippen LogP contribution in [0.5, 0.6) is 0 Å². The van der Waals surface area contributed by atoms with E-state index < -0.39 is 23.7 Å². The minimum atomic E-state index is -1.06. The minimum absolute atomic E-state index is 0.188. The van der Waals surface area contributed by atoms with E-state index in [1.807, 2.05) is 6.92 Å². The quantitative estimate of drug-likeness (QED) is 0.586. The SMILES string of the molecule is CC1(OC(=O)NC(CCOC2CC(CCc3ccc4c(n3)CCCC4)C2)C(=O)O)CC1. The number of alkyl carbamates (subject to hydrolysis) is 1. The number of carbonyl (C=O) groups excluding carboxylic acids is 1. The molecular weight excluding hydrogens is 396 g/mol. The van der Waals surface area contributed by atoms with Crippen molar-refractivity contribution < 1.29 is 24.2 Å². The predicted octanol–water partition coefficient (Wildman–Crippen LogP) is 3.81. The third-order valence-corrected chi connectivity index (χ3v) is 6.88. The normalized spacial score (nSPS) is 24.4. The molecule has 0 bridgehead atoms. The van der Waals surface area contributed by atoms with Gasteiger partial charge in [0.1, 0.15) is 11.6 Å². The van der Waals surface area contributed by atoms with E-state index in [9.17, 15) is 14.7 Å². The van der Waals surface area contributed by atoms with Crippen LogP contribution in [0.4, 0.5) is 4.79 Å². The van der Waals surface area contributed by atoms with Gasteiger partial charge in [0.25, 0.3) is 0 Å². The number of aliphatic carboxylic acids is 1. The zero-order valence-corrected chi connectivity index (χ0v) is 18.4. The monoisotopic (exact) mass is 430 g/mol. The molecule has 3 aliphatic carbocycles. The van der Waals surface area contributed by atoms with Crippen molar-refractivity contribution in [1.29, 1.82) is 0 Å². The first kappa shape index (κ1) is 22.1. The average Bonchev–Trinajstić information content (AvgIpc) is 3.44. The minimum Gasteiger partial charge on any atom is -0.480 e. The Kier molecular flexibility index (Phi) is 6.80. The number of carbonyl (C=O) groups is 2. The van der Waals surface area contributed by atoms with Gasteiger partial charge in [-0.2, -0.15) is 0 Å². The number of pyridine rings is 1. The lowest BCUT2D eigenvalue weighted by atomic mass is 9.79. The summed E-state index contributed by atoms with van der Waals surface area (Å²) in [6.45, 7) is 2.17. The molecule has 1 aromatic rings. The molecular formula is C24H34N2O5. The van der Waals surface area contributed by atoms with Crippen molar-refractivity contribution in [2.75, 3.05) is 6.61 Å². The van der Waals surface area contributed by atoms with Crippen LogP contribution in [0.1, 0.15) is 75.2 Å². The second-order valence-electron chi connectivity index (χ2n) is 9.65. The second-order valence-corrected chi connectivity index (χ2v) is 9.65. The molecule has 0 radical (unpaired) electrons. The van der Waals surface area contributed by atoms with Gasteiger partial charge in [-0.25, -0.2) is 9.59 Å². The van der Waals surface area contributed by atoms with Crippen molar-refractivity contribution in [3.05, 3.63) is 29.1 Å². The van der Waals surface area contributed by atoms with Gasteiger partial charge in [0.2, 0.25) is 0 Å². The van der Waals surface area contributed by atoms with E-state index in [0.717, 1.165) is 44.9 Å². The highest BCUT2D eigenvalue weighted by Gasteiger charge is 2.42. The summed E-state index contributed by atoms with van der Waals surface area (Å²) in [5.74, 6) is -0.420. The number of hydrogen-bond donors (Lipinski definition) is 2. The van der Waals surface area contributed by atoms with Crippen molar-refractivity contribution in [2.45, 2.75) is 95.3 Å². The number of aryl methyl sites for hydroxylation is 3. The molecule has 31 heavy (non-hydrogen) atoms. The molecule has 7 heteroatoms. The Bertz CT molecular complexity index is 801. The maximum atomic E-state index is 11.8. The molecule has 4 rings (SSSR count). The summed E-state index contributed by atoms with van der Waals surface area (Å²) >= 11 is 0. The predicted molar refractivity (Wildman–Crippen MR) is 115 cm³/mol. The molecule has 1 atom stereocenters. The molecule has 0 aromatic carbocycles. The lowest BCUT2D eigenvalue weighted by molar-refractivity contribution is -0.140. The van der Waals surface area contributed by atoms with Gasteiger partial charge in [-0.3, -0.25) is 4.98 Å². The maximum Gasteiger partial charge on any atom is 0.408 e. The summed E-state index contributed by atoms with van der Waals surface area (Å²) in [6, 6.07) is 3.46. The number of hydrogen-bond acceptors (Lipinski definition) is 5. The Labute approximate surface area is 183 Å². The number of ether oxygens (including phenoxy) is 2. The van der Waals surface area contributed by atoms with Gasteiger partial charge >= 0.3 is 12.1 Å². The molecule has 0 spiro atoms. The van der Waals surface area contributed by atoms with Crippen LogP contribution >= 0.6 is 0 Å². The van der Waals surface area contributed by atoms with Crippen LogP contribution < -0.4 is 5.32 Å². The lowest BCUT2D eigenvalue weighted by Gasteiger charge is -2.35. The van der Waals surface area contributed by atoms with Gasteiger partial charge in [-0.15, -0.1) is 0 Å². The first-order chi connectivity index (χ1) is 14.9. The first-order valence-electron chi connectivity index (χ1n) is 11.7. The molecule has 170 valence electrons. The van der Waals surface area contributed by atoms with Gasteiger partial charge < -0.3 is 19.9 Å². The lowest BCUT2D eigenvalue weighted by Crippen LogP contribution is -2.43. The van der Waals surface area contributed by atoms with Crippen LogP contribution in [0, 0.1) is 5.92 Å². The Morgan fingerprint density at radius 1 is 1.26 bits per heavy atom. The molecule has 1 aromatic heterocycles. The summed E-state index contributed by atoms with van der Waals surface area (Å²) in [7, 11) is 0. The summed E-state index contributed by atoms with van der Waals surface area (Å²) in [6.07, 6.45) is 10.4. The van der Waals surface area contributed by atoms with E-state index in [1.165, 1.54) is 36.2 Å². The van der Waals surface area contributed by atoms with Crippen molar-refractivity contribution in [3.63, 3.8) is 0 Å². The molecule has 7 nitrogen and oxygen atoms in total. The van der Waals surface area contributed by atoms with Crippen LogP contribution in [0.25, 0.3) is 0 Å². The van der Waals surface area contributed by atoms with Crippen LogP contribution in [-0.4, -0.2) is 46.5 Å². The van der Waals surface area contributed by atoms with Gasteiger partial charge in [0.05, 0.1) is 6.10 Å². The van der Waals surface area contributed by atoms with Crippen LogP contribution in [0.3, 0.4) is 0 Å². The van der Waals surface area contributed by atoms with Gasteiger partial charge in [-0.05, 0) is 88.7 Å². The van der Waals surface area contributed by atoms with Crippen LogP contribution in [0.15, 0.2) is 12.1 Å². The number of amides is 1. The molecule has 2 saturated carbocycles. The van der Waals surface area contributed by atoms with Gasteiger partial charge in [0, 0.05) is 24.4 Å². The zero-order valence-electron chi connectivity index (χ0n) is 18.4.